The molecular formula is C15H30N2O2. The Balaban J connectivity index is 2.03. The van der Waals surface area contributed by atoms with Crippen LogP contribution in [0, 0.1) is 0 Å². The number of nitrogens with zero attached hydrogens (tertiary/aromatic N) is 1. The first-order valence-corrected chi connectivity index (χ1v) is 7.92. The summed E-state index contributed by atoms with van der Waals surface area (Å²) in [5, 5.41) is 0. The standard InChI is InChI=1S/C15H30N2O2/c1-3-13(4-2)17(8-7-16)14-5-9-19-15(11-14)6-10-18-12-15/h13-14H,3-12,16H2,1-2H3. The molecule has 1 spiro atoms. The number of ether oxygens (including phenoxy) is 2. The van der Waals surface area contributed by atoms with E-state index in [1.807, 2.05) is 0 Å². The lowest BCUT2D eigenvalue weighted by Gasteiger charge is -2.45. The molecule has 0 aromatic carbocycles. The van der Waals surface area contributed by atoms with E-state index >= 15 is 0 Å². The fourth-order valence-corrected chi connectivity index (χ4v) is 3.72. The van der Waals surface area contributed by atoms with Gasteiger partial charge in [0, 0.05) is 44.8 Å². The van der Waals surface area contributed by atoms with Crippen molar-refractivity contribution in [2.24, 2.45) is 5.73 Å². The maximum atomic E-state index is 6.05. The molecule has 0 bridgehead atoms. The van der Waals surface area contributed by atoms with Gasteiger partial charge in [0.2, 0.25) is 0 Å². The van der Waals surface area contributed by atoms with E-state index in [0.717, 1.165) is 52.2 Å². The third-order valence-electron chi connectivity index (χ3n) is 4.80. The van der Waals surface area contributed by atoms with Crippen LogP contribution in [0.25, 0.3) is 0 Å². The first-order valence-electron chi connectivity index (χ1n) is 7.92. The van der Waals surface area contributed by atoms with Crippen molar-refractivity contribution in [1.82, 2.24) is 4.90 Å². The van der Waals surface area contributed by atoms with Crippen LogP contribution in [-0.4, -0.2) is 55.5 Å². The topological polar surface area (TPSA) is 47.7 Å². The fraction of sp³-hybridized carbons (Fsp3) is 1.00. The van der Waals surface area contributed by atoms with E-state index in [1.54, 1.807) is 0 Å². The van der Waals surface area contributed by atoms with Gasteiger partial charge in [-0.3, -0.25) is 4.90 Å². The van der Waals surface area contributed by atoms with Crippen LogP contribution in [0.2, 0.25) is 0 Å². The summed E-state index contributed by atoms with van der Waals surface area (Å²) in [5.41, 5.74) is 5.83. The monoisotopic (exact) mass is 270 g/mol. The average molecular weight is 270 g/mol. The number of hydrogen-bond donors (Lipinski definition) is 1. The summed E-state index contributed by atoms with van der Waals surface area (Å²) in [5.74, 6) is 0. The largest absolute Gasteiger partial charge is 0.378 e. The molecule has 2 heterocycles. The van der Waals surface area contributed by atoms with Gasteiger partial charge in [0.25, 0.3) is 0 Å². The van der Waals surface area contributed by atoms with E-state index in [9.17, 15) is 0 Å². The molecule has 2 aliphatic rings. The Morgan fingerprint density at radius 3 is 2.68 bits per heavy atom. The highest BCUT2D eigenvalue weighted by Gasteiger charge is 2.43. The van der Waals surface area contributed by atoms with Crippen LogP contribution in [-0.2, 0) is 9.47 Å². The maximum absolute atomic E-state index is 6.05. The molecule has 0 saturated carbocycles. The molecular weight excluding hydrogens is 240 g/mol. The molecule has 0 aromatic heterocycles. The minimum Gasteiger partial charge on any atom is -0.378 e. The highest BCUT2D eigenvalue weighted by atomic mass is 16.6. The third-order valence-corrected chi connectivity index (χ3v) is 4.80. The molecule has 2 atom stereocenters. The fourth-order valence-electron chi connectivity index (χ4n) is 3.72. The molecule has 0 aliphatic carbocycles. The molecule has 2 fully saturated rings. The van der Waals surface area contributed by atoms with Gasteiger partial charge in [0.05, 0.1) is 12.2 Å². The van der Waals surface area contributed by atoms with E-state index in [0.29, 0.717) is 12.1 Å². The Bertz CT molecular complexity index is 263. The van der Waals surface area contributed by atoms with Crippen LogP contribution in [0.1, 0.15) is 46.0 Å². The van der Waals surface area contributed by atoms with Gasteiger partial charge in [0.15, 0.2) is 0 Å². The van der Waals surface area contributed by atoms with Gasteiger partial charge < -0.3 is 15.2 Å². The van der Waals surface area contributed by atoms with Gasteiger partial charge in [-0.15, -0.1) is 0 Å². The first kappa shape index (κ1) is 15.2. The van der Waals surface area contributed by atoms with Crippen LogP contribution < -0.4 is 5.73 Å². The van der Waals surface area contributed by atoms with E-state index < -0.39 is 0 Å². The van der Waals surface area contributed by atoms with Crippen LogP contribution >= 0.6 is 0 Å². The van der Waals surface area contributed by atoms with Gasteiger partial charge in [-0.1, -0.05) is 13.8 Å². The van der Waals surface area contributed by atoms with Crippen LogP contribution in [0.15, 0.2) is 0 Å². The summed E-state index contributed by atoms with van der Waals surface area (Å²) in [6.07, 6.45) is 5.72. The molecule has 2 N–H and O–H groups in total. The van der Waals surface area contributed by atoms with Crippen molar-refractivity contribution in [3.05, 3.63) is 0 Å². The maximum Gasteiger partial charge on any atom is 0.0951 e. The summed E-state index contributed by atoms with van der Waals surface area (Å²) in [4.78, 5) is 2.64. The summed E-state index contributed by atoms with van der Waals surface area (Å²) in [6, 6.07) is 1.27. The summed E-state index contributed by atoms with van der Waals surface area (Å²) in [6.45, 7) is 8.83. The molecule has 0 aromatic rings. The minimum absolute atomic E-state index is 0.00178. The summed E-state index contributed by atoms with van der Waals surface area (Å²) < 4.78 is 11.6. The zero-order valence-corrected chi connectivity index (χ0v) is 12.6. The Labute approximate surface area is 117 Å². The number of rotatable bonds is 6. The summed E-state index contributed by atoms with van der Waals surface area (Å²) >= 11 is 0. The molecule has 4 heteroatoms. The second kappa shape index (κ2) is 7.02. The molecule has 19 heavy (non-hydrogen) atoms. The second-order valence-electron chi connectivity index (χ2n) is 5.98. The zero-order valence-electron chi connectivity index (χ0n) is 12.6. The van der Waals surface area contributed by atoms with Crippen LogP contribution in [0.3, 0.4) is 0 Å². The quantitative estimate of drug-likeness (QED) is 0.799. The third kappa shape index (κ3) is 3.48. The van der Waals surface area contributed by atoms with Gasteiger partial charge in [-0.2, -0.15) is 0 Å². The zero-order chi connectivity index (χ0) is 13.7. The second-order valence-corrected chi connectivity index (χ2v) is 5.98. The van der Waals surface area contributed by atoms with Gasteiger partial charge >= 0.3 is 0 Å². The van der Waals surface area contributed by atoms with Crippen molar-refractivity contribution in [3.8, 4) is 0 Å². The van der Waals surface area contributed by atoms with Crippen molar-refractivity contribution < 1.29 is 9.47 Å². The average Bonchev–Trinajstić information content (AvgIpc) is 2.87. The summed E-state index contributed by atoms with van der Waals surface area (Å²) in [7, 11) is 0. The predicted octanol–water partition coefficient (Wildman–Crippen LogP) is 1.77. The molecule has 2 rings (SSSR count). The molecule has 4 nitrogen and oxygen atoms in total. The molecule has 0 radical (unpaired) electrons. The Hall–Kier alpha value is -0.160. The van der Waals surface area contributed by atoms with E-state index in [4.69, 9.17) is 15.2 Å². The lowest BCUT2D eigenvalue weighted by molar-refractivity contribution is -0.111. The van der Waals surface area contributed by atoms with Crippen molar-refractivity contribution in [2.75, 3.05) is 32.9 Å². The van der Waals surface area contributed by atoms with Crippen LogP contribution in [0.5, 0.6) is 0 Å². The Kier molecular flexibility index (Phi) is 5.63. The smallest absolute Gasteiger partial charge is 0.0951 e. The molecule has 0 amide bonds. The van der Waals surface area contributed by atoms with Gasteiger partial charge in [0.1, 0.15) is 0 Å². The van der Waals surface area contributed by atoms with Gasteiger partial charge in [-0.25, -0.2) is 0 Å². The van der Waals surface area contributed by atoms with Crippen molar-refractivity contribution >= 4 is 0 Å². The highest BCUT2D eigenvalue weighted by Crippen LogP contribution is 2.35. The minimum atomic E-state index is 0.00178. The van der Waals surface area contributed by atoms with E-state index in [1.165, 1.54) is 12.8 Å². The highest BCUT2D eigenvalue weighted by molar-refractivity contribution is 4.94. The predicted molar refractivity (Wildman–Crippen MR) is 77.3 cm³/mol. The Morgan fingerprint density at radius 1 is 1.32 bits per heavy atom. The van der Waals surface area contributed by atoms with Crippen molar-refractivity contribution in [2.45, 2.75) is 63.6 Å². The van der Waals surface area contributed by atoms with E-state index in [2.05, 4.69) is 18.7 Å². The lowest BCUT2D eigenvalue weighted by atomic mass is 9.87. The molecule has 2 aliphatic heterocycles. The first-order chi connectivity index (χ1) is 9.24. The molecule has 2 unspecified atom stereocenters. The molecule has 112 valence electrons. The van der Waals surface area contributed by atoms with Gasteiger partial charge in [-0.05, 0) is 25.7 Å². The number of nitrogens with two attached hydrogens (primary N) is 1. The van der Waals surface area contributed by atoms with Crippen molar-refractivity contribution in [1.29, 1.82) is 0 Å². The number of hydrogen-bond acceptors (Lipinski definition) is 4. The van der Waals surface area contributed by atoms with Crippen molar-refractivity contribution in [3.63, 3.8) is 0 Å². The lowest BCUT2D eigenvalue weighted by Crippen LogP contribution is -2.53. The normalized spacial score (nSPS) is 31.7. The SMILES string of the molecule is CCC(CC)N(CCN)C1CCOC2(CCOC2)C1. The van der Waals surface area contributed by atoms with E-state index in [-0.39, 0.29) is 5.60 Å². The Morgan fingerprint density at radius 2 is 2.11 bits per heavy atom. The van der Waals surface area contributed by atoms with Crippen LogP contribution in [0.4, 0.5) is 0 Å². The molecule has 2 saturated heterocycles.